The fourth-order valence-corrected chi connectivity index (χ4v) is 2.92. The fourth-order valence-electron chi connectivity index (χ4n) is 1.95. The van der Waals surface area contributed by atoms with Gasteiger partial charge in [0.25, 0.3) is 0 Å². The third-order valence-electron chi connectivity index (χ3n) is 2.98. The van der Waals surface area contributed by atoms with Crippen LogP contribution in [0.5, 0.6) is 0 Å². The van der Waals surface area contributed by atoms with Crippen LogP contribution >= 0.6 is 11.3 Å². The molecule has 1 unspecified atom stereocenters. The SMILES string of the molecule is CCN1CCOC(c2nc(C(F)(F)F)c(C(=O)O)s2)C1. The third kappa shape index (κ3) is 3.10. The number of alkyl halides is 3. The summed E-state index contributed by atoms with van der Waals surface area (Å²) in [6.07, 6.45) is -5.38. The lowest BCUT2D eigenvalue weighted by Gasteiger charge is -2.30. The Morgan fingerprint density at radius 2 is 2.30 bits per heavy atom. The van der Waals surface area contributed by atoms with E-state index in [0.717, 1.165) is 6.54 Å². The summed E-state index contributed by atoms with van der Waals surface area (Å²) in [4.78, 5) is 15.6. The number of thiazole rings is 1. The van der Waals surface area contributed by atoms with Crippen LogP contribution < -0.4 is 0 Å². The van der Waals surface area contributed by atoms with Gasteiger partial charge in [0.15, 0.2) is 5.69 Å². The zero-order chi connectivity index (χ0) is 14.9. The van der Waals surface area contributed by atoms with E-state index in [1.807, 2.05) is 11.8 Å². The van der Waals surface area contributed by atoms with Crippen LogP contribution in [0.15, 0.2) is 0 Å². The molecule has 112 valence electrons. The molecule has 0 amide bonds. The molecule has 0 radical (unpaired) electrons. The van der Waals surface area contributed by atoms with Gasteiger partial charge in [0.1, 0.15) is 16.0 Å². The Morgan fingerprint density at radius 3 is 2.80 bits per heavy atom. The number of carboxylic acid groups (broad SMARTS) is 1. The zero-order valence-corrected chi connectivity index (χ0v) is 11.4. The maximum atomic E-state index is 12.8. The molecule has 1 N–H and O–H groups in total. The fraction of sp³-hybridized carbons (Fsp3) is 0.636. The number of aromatic carboxylic acids is 1. The van der Waals surface area contributed by atoms with Crippen LogP contribution in [0.4, 0.5) is 13.2 Å². The topological polar surface area (TPSA) is 62.7 Å². The highest BCUT2D eigenvalue weighted by Crippen LogP contribution is 2.37. The first-order valence-corrected chi connectivity index (χ1v) is 6.79. The zero-order valence-electron chi connectivity index (χ0n) is 10.6. The minimum absolute atomic E-state index is 0.0628. The van der Waals surface area contributed by atoms with Gasteiger partial charge in [-0.25, -0.2) is 9.78 Å². The van der Waals surface area contributed by atoms with Crippen LogP contribution in [0, 0.1) is 0 Å². The normalized spacial score (nSPS) is 21.1. The van der Waals surface area contributed by atoms with E-state index in [-0.39, 0.29) is 5.01 Å². The Hall–Kier alpha value is -1.19. The average molecular weight is 310 g/mol. The van der Waals surface area contributed by atoms with E-state index in [1.54, 1.807) is 0 Å². The van der Waals surface area contributed by atoms with Crippen molar-refractivity contribution >= 4 is 17.3 Å². The van der Waals surface area contributed by atoms with Crippen molar-refractivity contribution in [2.75, 3.05) is 26.2 Å². The summed E-state index contributed by atoms with van der Waals surface area (Å²) in [5, 5.41) is 8.92. The molecule has 0 saturated carbocycles. The molecule has 2 heterocycles. The molecule has 0 aromatic carbocycles. The van der Waals surface area contributed by atoms with Crippen LogP contribution in [-0.4, -0.2) is 47.2 Å². The minimum atomic E-state index is -4.78. The van der Waals surface area contributed by atoms with Crippen LogP contribution in [0.2, 0.25) is 0 Å². The number of aromatic nitrogens is 1. The second-order valence-electron chi connectivity index (χ2n) is 4.29. The summed E-state index contributed by atoms with van der Waals surface area (Å²) in [5.74, 6) is -1.62. The van der Waals surface area contributed by atoms with Crippen LogP contribution in [-0.2, 0) is 10.9 Å². The van der Waals surface area contributed by atoms with Crippen molar-refractivity contribution in [3.05, 3.63) is 15.6 Å². The second kappa shape index (κ2) is 5.66. The second-order valence-corrected chi connectivity index (χ2v) is 5.32. The maximum absolute atomic E-state index is 12.8. The van der Waals surface area contributed by atoms with E-state index in [2.05, 4.69) is 4.98 Å². The molecule has 1 fully saturated rings. The highest BCUT2D eigenvalue weighted by atomic mass is 32.1. The van der Waals surface area contributed by atoms with Crippen molar-refractivity contribution in [2.45, 2.75) is 19.2 Å². The number of likely N-dealkylation sites (N-methyl/N-ethyl adjacent to an activating group) is 1. The minimum Gasteiger partial charge on any atom is -0.477 e. The van der Waals surface area contributed by atoms with E-state index >= 15 is 0 Å². The van der Waals surface area contributed by atoms with Gasteiger partial charge in [-0.05, 0) is 6.54 Å². The third-order valence-corrected chi connectivity index (χ3v) is 4.12. The molecule has 1 atom stereocenters. The quantitative estimate of drug-likeness (QED) is 0.928. The van der Waals surface area contributed by atoms with Crippen molar-refractivity contribution in [1.29, 1.82) is 0 Å². The van der Waals surface area contributed by atoms with Crippen molar-refractivity contribution in [1.82, 2.24) is 9.88 Å². The molecule has 20 heavy (non-hydrogen) atoms. The highest BCUT2D eigenvalue weighted by Gasteiger charge is 2.41. The van der Waals surface area contributed by atoms with Crippen molar-refractivity contribution in [2.24, 2.45) is 0 Å². The van der Waals surface area contributed by atoms with E-state index in [0.29, 0.717) is 31.0 Å². The number of hydrogen-bond acceptors (Lipinski definition) is 5. The van der Waals surface area contributed by atoms with Crippen LogP contribution in [0.25, 0.3) is 0 Å². The molecule has 1 aromatic rings. The van der Waals surface area contributed by atoms with Gasteiger partial charge < -0.3 is 9.84 Å². The lowest BCUT2D eigenvalue weighted by Crippen LogP contribution is -2.38. The molecule has 1 aromatic heterocycles. The molecule has 5 nitrogen and oxygen atoms in total. The molecular formula is C11H13F3N2O3S. The summed E-state index contributed by atoms with van der Waals surface area (Å²) in [6.45, 7) is 4.20. The molecule has 1 aliphatic rings. The molecule has 1 aliphatic heterocycles. The molecular weight excluding hydrogens is 297 g/mol. The Balaban J connectivity index is 2.31. The van der Waals surface area contributed by atoms with E-state index in [9.17, 15) is 18.0 Å². The number of hydrogen-bond donors (Lipinski definition) is 1. The Kier molecular flexibility index (Phi) is 4.31. The number of halogens is 3. The summed E-state index contributed by atoms with van der Waals surface area (Å²) in [6, 6.07) is 0. The lowest BCUT2D eigenvalue weighted by molar-refractivity contribution is -0.141. The van der Waals surface area contributed by atoms with Crippen molar-refractivity contribution in [3.8, 4) is 0 Å². The molecule has 0 spiro atoms. The monoisotopic (exact) mass is 310 g/mol. The molecule has 0 bridgehead atoms. The predicted molar refractivity (Wildman–Crippen MR) is 64.9 cm³/mol. The molecule has 9 heteroatoms. The predicted octanol–water partition coefficient (Wildman–Crippen LogP) is 2.25. The van der Waals surface area contributed by atoms with Gasteiger partial charge in [-0.2, -0.15) is 13.2 Å². The number of ether oxygens (including phenoxy) is 1. The molecule has 1 saturated heterocycles. The van der Waals surface area contributed by atoms with E-state index < -0.39 is 28.8 Å². The first kappa shape index (κ1) is 15.2. The van der Waals surface area contributed by atoms with Gasteiger partial charge >= 0.3 is 12.1 Å². The number of rotatable bonds is 3. The summed E-state index contributed by atoms with van der Waals surface area (Å²) < 4.78 is 43.7. The largest absolute Gasteiger partial charge is 0.477 e. The first-order chi connectivity index (χ1) is 9.32. The molecule has 2 rings (SSSR count). The van der Waals surface area contributed by atoms with Gasteiger partial charge in [-0.3, -0.25) is 4.90 Å². The van der Waals surface area contributed by atoms with Crippen molar-refractivity contribution in [3.63, 3.8) is 0 Å². The van der Waals surface area contributed by atoms with Crippen molar-refractivity contribution < 1.29 is 27.8 Å². The average Bonchev–Trinajstić information content (AvgIpc) is 2.84. The van der Waals surface area contributed by atoms with E-state index in [1.165, 1.54) is 0 Å². The number of morpholine rings is 1. The van der Waals surface area contributed by atoms with Gasteiger partial charge in [0.2, 0.25) is 0 Å². The smallest absolute Gasteiger partial charge is 0.435 e. The standard InChI is InChI=1S/C11H13F3N2O3S/c1-2-16-3-4-19-6(5-16)9-15-8(11(12,13)14)7(20-9)10(17)18/h6H,2-5H2,1H3,(H,17,18). The lowest BCUT2D eigenvalue weighted by atomic mass is 10.3. The molecule has 0 aliphatic carbocycles. The van der Waals surface area contributed by atoms with Gasteiger partial charge in [0, 0.05) is 13.1 Å². The number of carboxylic acids is 1. The summed E-state index contributed by atoms with van der Waals surface area (Å²) in [7, 11) is 0. The Morgan fingerprint density at radius 1 is 1.60 bits per heavy atom. The van der Waals surface area contributed by atoms with E-state index in [4.69, 9.17) is 9.84 Å². The van der Waals surface area contributed by atoms with Gasteiger partial charge in [-0.1, -0.05) is 6.92 Å². The van der Waals surface area contributed by atoms with Gasteiger partial charge in [0.05, 0.1) is 6.61 Å². The highest BCUT2D eigenvalue weighted by molar-refractivity contribution is 7.13. The van der Waals surface area contributed by atoms with Crippen LogP contribution in [0.1, 0.15) is 33.4 Å². The van der Waals surface area contributed by atoms with Gasteiger partial charge in [-0.15, -0.1) is 11.3 Å². The maximum Gasteiger partial charge on any atom is 0.435 e. The Labute approximate surface area is 117 Å². The Bertz CT molecular complexity index is 504. The summed E-state index contributed by atoms with van der Waals surface area (Å²) in [5.41, 5.74) is -1.35. The number of carbonyl (C=O) groups is 1. The number of nitrogens with zero attached hydrogens (tertiary/aromatic N) is 2. The van der Waals surface area contributed by atoms with Crippen LogP contribution in [0.3, 0.4) is 0 Å². The summed E-state index contributed by atoms with van der Waals surface area (Å²) >= 11 is 0.531. The first-order valence-electron chi connectivity index (χ1n) is 5.98.